The van der Waals surface area contributed by atoms with Crippen LogP contribution < -0.4 is 66.3 Å². The van der Waals surface area contributed by atoms with Crippen LogP contribution in [0.15, 0.2) is 18.2 Å². The van der Waals surface area contributed by atoms with Crippen molar-refractivity contribution in [2.75, 3.05) is 6.79 Å². The van der Waals surface area contributed by atoms with Crippen LogP contribution in [0.5, 0.6) is 11.5 Å². The molecule has 0 radical (unpaired) electrons. The molecule has 0 bridgehead atoms. The predicted octanol–water partition coefficient (Wildman–Crippen LogP) is -1.53. The van der Waals surface area contributed by atoms with Crippen molar-refractivity contribution in [1.82, 2.24) is 0 Å². The Balaban J connectivity index is 0.000000980. The standard InChI is InChI=1S/C7H5BF3O2.K/c9-8(10,11)5-1-2-6-7(3-5)13-4-12-6;/h1-3H,4H2;/q-1;+1. The van der Waals surface area contributed by atoms with Gasteiger partial charge in [0.1, 0.15) is 0 Å². The SMILES string of the molecule is F[B-](F)(F)c1ccc2c(c1)OCO2.[K+]. The molecule has 1 aromatic rings. The van der Waals surface area contributed by atoms with Crippen molar-refractivity contribution < 1.29 is 73.8 Å². The van der Waals surface area contributed by atoms with E-state index in [1.54, 1.807) is 0 Å². The van der Waals surface area contributed by atoms with E-state index in [-0.39, 0.29) is 63.9 Å². The van der Waals surface area contributed by atoms with Crippen LogP contribution in [0.1, 0.15) is 0 Å². The van der Waals surface area contributed by atoms with Crippen molar-refractivity contribution in [1.29, 1.82) is 0 Å². The molecule has 14 heavy (non-hydrogen) atoms. The summed E-state index contributed by atoms with van der Waals surface area (Å²) in [6.45, 7) is -4.96. The van der Waals surface area contributed by atoms with Crippen LogP contribution >= 0.6 is 0 Å². The zero-order chi connectivity index (χ0) is 9.47. The Morgan fingerprint density at radius 2 is 1.71 bits per heavy atom. The zero-order valence-electron chi connectivity index (χ0n) is 7.47. The van der Waals surface area contributed by atoms with Crippen LogP contribution in [0.3, 0.4) is 0 Å². The minimum absolute atomic E-state index is 0. The molecule has 1 aliphatic rings. The summed E-state index contributed by atoms with van der Waals surface area (Å²) in [7, 11) is 0. The maximum absolute atomic E-state index is 12.2. The first kappa shape index (κ1) is 12.4. The van der Waals surface area contributed by atoms with Gasteiger partial charge < -0.3 is 22.4 Å². The average Bonchev–Trinajstić information content (AvgIpc) is 2.47. The molecule has 7 heteroatoms. The van der Waals surface area contributed by atoms with E-state index in [1.807, 2.05) is 0 Å². The normalized spacial score (nSPS) is 13.6. The third-order valence-electron chi connectivity index (χ3n) is 1.77. The number of benzene rings is 1. The van der Waals surface area contributed by atoms with Crippen molar-refractivity contribution in [2.24, 2.45) is 0 Å². The summed E-state index contributed by atoms with van der Waals surface area (Å²) < 4.78 is 46.4. The van der Waals surface area contributed by atoms with Crippen molar-refractivity contribution >= 4 is 12.4 Å². The second-order valence-electron chi connectivity index (χ2n) is 2.69. The Hall–Kier alpha value is 0.311. The molecule has 0 amide bonds. The van der Waals surface area contributed by atoms with Gasteiger partial charge in [-0.25, -0.2) is 0 Å². The maximum Gasteiger partial charge on any atom is 1.00 e. The third-order valence-corrected chi connectivity index (χ3v) is 1.77. The molecule has 0 unspecified atom stereocenters. The Kier molecular flexibility index (Phi) is 3.93. The fourth-order valence-corrected chi connectivity index (χ4v) is 1.12. The maximum atomic E-state index is 12.2. The summed E-state index contributed by atoms with van der Waals surface area (Å²) in [5.74, 6) is 0.528. The molecule has 0 saturated heterocycles. The fourth-order valence-electron chi connectivity index (χ4n) is 1.12. The number of fused-ring (bicyclic) bond motifs is 1. The van der Waals surface area contributed by atoms with Crippen molar-refractivity contribution in [3.05, 3.63) is 18.2 Å². The molecule has 2 rings (SSSR count). The van der Waals surface area contributed by atoms with Gasteiger partial charge in [-0.2, -0.15) is 0 Å². The van der Waals surface area contributed by atoms with E-state index < -0.39 is 12.4 Å². The number of hydrogen-bond acceptors (Lipinski definition) is 2. The van der Waals surface area contributed by atoms with Crippen LogP contribution in [0.2, 0.25) is 0 Å². The molecule has 1 aliphatic heterocycles. The van der Waals surface area contributed by atoms with Gasteiger partial charge in [0.25, 0.3) is 0 Å². The summed E-state index contributed by atoms with van der Waals surface area (Å²) in [5, 5.41) is 0. The molecule has 0 fully saturated rings. The predicted molar refractivity (Wildman–Crippen MR) is 41.3 cm³/mol. The Labute approximate surface area is 121 Å². The molecule has 1 aromatic carbocycles. The Morgan fingerprint density at radius 3 is 2.36 bits per heavy atom. The van der Waals surface area contributed by atoms with Gasteiger partial charge in [0.05, 0.1) is 0 Å². The Bertz CT molecular complexity index is 342. The first-order chi connectivity index (χ1) is 6.07. The molecule has 0 spiro atoms. The molecule has 0 saturated carbocycles. The summed E-state index contributed by atoms with van der Waals surface area (Å²) in [6.07, 6.45) is 0. The zero-order valence-corrected chi connectivity index (χ0v) is 10.6. The number of rotatable bonds is 1. The molecule has 0 aliphatic carbocycles. The Morgan fingerprint density at radius 1 is 1.07 bits per heavy atom. The van der Waals surface area contributed by atoms with Gasteiger partial charge in [-0.15, -0.1) is 5.46 Å². The second-order valence-corrected chi connectivity index (χ2v) is 2.69. The molecule has 1 heterocycles. The van der Waals surface area contributed by atoms with Gasteiger partial charge in [0, 0.05) is 0 Å². The van der Waals surface area contributed by atoms with Gasteiger partial charge in [-0.3, -0.25) is 0 Å². The smallest absolute Gasteiger partial charge is 0.454 e. The molecular formula is C7H5BF3KO2. The topological polar surface area (TPSA) is 18.5 Å². The van der Waals surface area contributed by atoms with E-state index in [9.17, 15) is 12.9 Å². The average molecular weight is 228 g/mol. The fraction of sp³-hybridized carbons (Fsp3) is 0.143. The van der Waals surface area contributed by atoms with E-state index in [0.29, 0.717) is 5.75 Å². The van der Waals surface area contributed by atoms with Gasteiger partial charge in [0.15, 0.2) is 11.5 Å². The molecule has 70 valence electrons. The summed E-state index contributed by atoms with van der Waals surface area (Å²) in [6, 6.07) is 3.22. The molecular weight excluding hydrogens is 223 g/mol. The van der Waals surface area contributed by atoms with E-state index in [2.05, 4.69) is 0 Å². The van der Waals surface area contributed by atoms with E-state index in [1.165, 1.54) is 6.07 Å². The van der Waals surface area contributed by atoms with Crippen molar-refractivity contribution in [3.8, 4) is 11.5 Å². The first-order valence-corrected chi connectivity index (χ1v) is 3.67. The molecule has 0 atom stereocenters. The third kappa shape index (κ3) is 2.46. The van der Waals surface area contributed by atoms with E-state index >= 15 is 0 Å². The largest absolute Gasteiger partial charge is 1.00 e. The van der Waals surface area contributed by atoms with Crippen LogP contribution in [-0.4, -0.2) is 13.8 Å². The monoisotopic (exact) mass is 228 g/mol. The summed E-state index contributed by atoms with van der Waals surface area (Å²) >= 11 is 0. The van der Waals surface area contributed by atoms with Crippen LogP contribution in [0.4, 0.5) is 12.9 Å². The molecule has 0 aromatic heterocycles. The minimum Gasteiger partial charge on any atom is -0.454 e. The first-order valence-electron chi connectivity index (χ1n) is 3.67. The van der Waals surface area contributed by atoms with Crippen molar-refractivity contribution in [3.63, 3.8) is 0 Å². The van der Waals surface area contributed by atoms with Gasteiger partial charge in [-0.1, -0.05) is 6.07 Å². The van der Waals surface area contributed by atoms with Gasteiger partial charge in [-0.05, 0) is 12.1 Å². The minimum atomic E-state index is -4.95. The summed E-state index contributed by atoms with van der Waals surface area (Å²) in [4.78, 5) is 0. The van der Waals surface area contributed by atoms with Gasteiger partial charge in [0.2, 0.25) is 6.79 Å². The van der Waals surface area contributed by atoms with Crippen LogP contribution in [0.25, 0.3) is 0 Å². The van der Waals surface area contributed by atoms with Gasteiger partial charge >= 0.3 is 58.4 Å². The van der Waals surface area contributed by atoms with E-state index in [4.69, 9.17) is 9.47 Å². The van der Waals surface area contributed by atoms with Crippen LogP contribution in [-0.2, 0) is 0 Å². The summed E-state index contributed by atoms with van der Waals surface area (Å²) in [5.41, 5.74) is -0.663. The quantitative estimate of drug-likeness (QED) is 0.543. The number of hydrogen-bond donors (Lipinski definition) is 0. The molecule has 0 N–H and O–H groups in total. The van der Waals surface area contributed by atoms with Crippen molar-refractivity contribution in [2.45, 2.75) is 0 Å². The number of halogens is 3. The molecule has 2 nitrogen and oxygen atoms in total. The van der Waals surface area contributed by atoms with Crippen LogP contribution in [0, 0.1) is 0 Å². The number of ether oxygens (including phenoxy) is 2. The van der Waals surface area contributed by atoms with E-state index in [0.717, 1.165) is 12.1 Å². The second kappa shape index (κ2) is 4.44.